The van der Waals surface area contributed by atoms with Crippen molar-refractivity contribution in [2.24, 2.45) is 5.73 Å². The normalized spacial score (nSPS) is 23.7. The van der Waals surface area contributed by atoms with Crippen LogP contribution in [-0.4, -0.2) is 24.0 Å². The van der Waals surface area contributed by atoms with E-state index in [0.29, 0.717) is 6.04 Å². The van der Waals surface area contributed by atoms with Gasteiger partial charge in [0.25, 0.3) is 0 Å². The molecule has 0 bridgehead atoms. The van der Waals surface area contributed by atoms with E-state index in [1.54, 1.807) is 0 Å². The third kappa shape index (κ3) is 3.33. The van der Waals surface area contributed by atoms with Crippen LogP contribution in [0.15, 0.2) is 30.3 Å². The Balaban J connectivity index is 1.89. The quantitative estimate of drug-likeness (QED) is 0.798. The van der Waals surface area contributed by atoms with Crippen molar-refractivity contribution in [1.82, 2.24) is 4.90 Å². The predicted octanol–water partition coefficient (Wildman–Crippen LogP) is 2.00. The maximum absolute atomic E-state index is 5.96. The zero-order chi connectivity index (χ0) is 10.5. The minimum Gasteiger partial charge on any atom is -0.328 e. The van der Waals surface area contributed by atoms with E-state index in [2.05, 4.69) is 35.2 Å². The molecule has 1 aromatic carbocycles. The van der Waals surface area contributed by atoms with Gasteiger partial charge in [-0.3, -0.25) is 4.90 Å². The highest BCUT2D eigenvalue weighted by molar-refractivity contribution is 5.14. The minimum atomic E-state index is 0.422. The van der Waals surface area contributed by atoms with Gasteiger partial charge in [-0.25, -0.2) is 0 Å². The van der Waals surface area contributed by atoms with Gasteiger partial charge < -0.3 is 5.73 Å². The third-order valence-electron chi connectivity index (χ3n) is 3.11. The molecule has 1 heterocycles. The Labute approximate surface area is 92.1 Å². The van der Waals surface area contributed by atoms with Gasteiger partial charge in [0.1, 0.15) is 0 Å². The van der Waals surface area contributed by atoms with Gasteiger partial charge in [0.2, 0.25) is 0 Å². The standard InChI is InChI=1S/C13H20N2/c14-13-7-4-9-15(10-8-13)11-12-5-2-1-3-6-12/h1-3,5-6,13H,4,7-11,14H2/t13-/m1/s1. The summed E-state index contributed by atoms with van der Waals surface area (Å²) in [4.78, 5) is 2.52. The zero-order valence-corrected chi connectivity index (χ0v) is 9.23. The smallest absolute Gasteiger partial charge is 0.0233 e. The molecule has 2 heteroatoms. The van der Waals surface area contributed by atoms with Crippen molar-refractivity contribution in [2.75, 3.05) is 13.1 Å². The number of nitrogens with zero attached hydrogens (tertiary/aromatic N) is 1. The number of hydrogen-bond acceptors (Lipinski definition) is 2. The first-order chi connectivity index (χ1) is 7.34. The Kier molecular flexibility index (Phi) is 3.75. The van der Waals surface area contributed by atoms with E-state index in [0.717, 1.165) is 19.5 Å². The topological polar surface area (TPSA) is 29.3 Å². The van der Waals surface area contributed by atoms with Gasteiger partial charge in [-0.05, 0) is 37.9 Å². The summed E-state index contributed by atoms with van der Waals surface area (Å²) >= 11 is 0. The van der Waals surface area contributed by atoms with Gasteiger partial charge in [-0.1, -0.05) is 30.3 Å². The third-order valence-corrected chi connectivity index (χ3v) is 3.11. The summed E-state index contributed by atoms with van der Waals surface area (Å²) in [6.07, 6.45) is 3.58. The molecule has 0 unspecified atom stereocenters. The molecule has 2 N–H and O–H groups in total. The lowest BCUT2D eigenvalue weighted by Gasteiger charge is -2.19. The van der Waals surface area contributed by atoms with Crippen LogP contribution in [0.4, 0.5) is 0 Å². The number of hydrogen-bond donors (Lipinski definition) is 1. The highest BCUT2D eigenvalue weighted by Gasteiger charge is 2.13. The summed E-state index contributed by atoms with van der Waals surface area (Å²) in [5.41, 5.74) is 7.37. The molecule has 2 rings (SSSR count). The second-order valence-electron chi connectivity index (χ2n) is 4.45. The number of nitrogens with two attached hydrogens (primary N) is 1. The molecule has 1 atom stereocenters. The van der Waals surface area contributed by atoms with Gasteiger partial charge in [0.15, 0.2) is 0 Å². The van der Waals surface area contributed by atoms with Gasteiger partial charge in [0, 0.05) is 12.6 Å². The fraction of sp³-hybridized carbons (Fsp3) is 0.538. The zero-order valence-electron chi connectivity index (χ0n) is 9.23. The average molecular weight is 204 g/mol. The van der Waals surface area contributed by atoms with Crippen molar-refractivity contribution in [3.8, 4) is 0 Å². The van der Waals surface area contributed by atoms with E-state index < -0.39 is 0 Å². The molecule has 0 aromatic heterocycles. The molecule has 2 nitrogen and oxygen atoms in total. The molecular formula is C13H20N2. The summed E-state index contributed by atoms with van der Waals surface area (Å²) in [6.45, 7) is 3.42. The molecule has 0 saturated carbocycles. The largest absolute Gasteiger partial charge is 0.328 e. The first-order valence-corrected chi connectivity index (χ1v) is 5.86. The Bertz CT molecular complexity index is 284. The maximum atomic E-state index is 5.96. The highest BCUT2D eigenvalue weighted by atomic mass is 15.1. The van der Waals surface area contributed by atoms with E-state index in [4.69, 9.17) is 5.73 Å². The van der Waals surface area contributed by atoms with Crippen molar-refractivity contribution < 1.29 is 0 Å². The van der Waals surface area contributed by atoms with Crippen LogP contribution in [0.25, 0.3) is 0 Å². The van der Waals surface area contributed by atoms with Crippen LogP contribution in [0.5, 0.6) is 0 Å². The van der Waals surface area contributed by atoms with Crippen LogP contribution in [0.1, 0.15) is 24.8 Å². The molecule has 82 valence electrons. The van der Waals surface area contributed by atoms with Gasteiger partial charge >= 0.3 is 0 Å². The van der Waals surface area contributed by atoms with E-state index in [1.165, 1.54) is 24.9 Å². The predicted molar refractivity (Wildman–Crippen MR) is 63.5 cm³/mol. The molecule has 1 aliphatic heterocycles. The van der Waals surface area contributed by atoms with Crippen LogP contribution in [0, 0.1) is 0 Å². The summed E-state index contributed by atoms with van der Waals surface area (Å²) in [5.74, 6) is 0. The summed E-state index contributed by atoms with van der Waals surface area (Å²) < 4.78 is 0. The SMILES string of the molecule is N[C@@H]1CCCN(Cc2ccccc2)CC1. The van der Waals surface area contributed by atoms with Gasteiger partial charge in [0.05, 0.1) is 0 Å². The minimum absolute atomic E-state index is 0.422. The van der Waals surface area contributed by atoms with E-state index >= 15 is 0 Å². The van der Waals surface area contributed by atoms with Crippen molar-refractivity contribution in [3.63, 3.8) is 0 Å². The molecule has 1 aliphatic rings. The Morgan fingerprint density at radius 3 is 2.73 bits per heavy atom. The summed E-state index contributed by atoms with van der Waals surface area (Å²) in [6, 6.07) is 11.1. The second-order valence-corrected chi connectivity index (χ2v) is 4.45. The first-order valence-electron chi connectivity index (χ1n) is 5.86. The molecular weight excluding hydrogens is 184 g/mol. The van der Waals surface area contributed by atoms with Gasteiger partial charge in [-0.2, -0.15) is 0 Å². The number of likely N-dealkylation sites (tertiary alicyclic amines) is 1. The lowest BCUT2D eigenvalue weighted by molar-refractivity contribution is 0.276. The molecule has 1 fully saturated rings. The molecule has 0 spiro atoms. The van der Waals surface area contributed by atoms with Crippen molar-refractivity contribution in [2.45, 2.75) is 31.8 Å². The molecule has 15 heavy (non-hydrogen) atoms. The Hall–Kier alpha value is -0.860. The van der Waals surface area contributed by atoms with Crippen molar-refractivity contribution >= 4 is 0 Å². The van der Waals surface area contributed by atoms with Crippen molar-refractivity contribution in [3.05, 3.63) is 35.9 Å². The second kappa shape index (κ2) is 5.29. The molecule has 1 saturated heterocycles. The van der Waals surface area contributed by atoms with E-state index in [-0.39, 0.29) is 0 Å². The van der Waals surface area contributed by atoms with E-state index in [1.807, 2.05) is 0 Å². The fourth-order valence-corrected chi connectivity index (χ4v) is 2.18. The first kappa shape index (κ1) is 10.7. The average Bonchev–Trinajstić information content (AvgIpc) is 2.46. The highest BCUT2D eigenvalue weighted by Crippen LogP contribution is 2.12. The van der Waals surface area contributed by atoms with Crippen LogP contribution in [-0.2, 0) is 6.54 Å². The number of rotatable bonds is 2. The molecule has 0 amide bonds. The van der Waals surface area contributed by atoms with Gasteiger partial charge in [-0.15, -0.1) is 0 Å². The van der Waals surface area contributed by atoms with Crippen LogP contribution < -0.4 is 5.73 Å². The van der Waals surface area contributed by atoms with Crippen molar-refractivity contribution in [1.29, 1.82) is 0 Å². The van der Waals surface area contributed by atoms with Crippen LogP contribution in [0.3, 0.4) is 0 Å². The van der Waals surface area contributed by atoms with Crippen LogP contribution >= 0.6 is 0 Å². The maximum Gasteiger partial charge on any atom is 0.0233 e. The lowest BCUT2D eigenvalue weighted by Crippen LogP contribution is -2.26. The Morgan fingerprint density at radius 2 is 1.93 bits per heavy atom. The summed E-state index contributed by atoms with van der Waals surface area (Å²) in [7, 11) is 0. The molecule has 1 aromatic rings. The molecule has 0 radical (unpaired) electrons. The summed E-state index contributed by atoms with van der Waals surface area (Å²) in [5, 5.41) is 0. The van der Waals surface area contributed by atoms with Crippen LogP contribution in [0.2, 0.25) is 0 Å². The molecule has 0 aliphatic carbocycles. The van der Waals surface area contributed by atoms with E-state index in [9.17, 15) is 0 Å². The Morgan fingerprint density at radius 1 is 1.13 bits per heavy atom. The fourth-order valence-electron chi connectivity index (χ4n) is 2.18. The lowest BCUT2D eigenvalue weighted by atomic mass is 10.1. The number of benzene rings is 1. The monoisotopic (exact) mass is 204 g/mol.